The average Bonchev–Trinajstić information content (AvgIpc) is 2.85. The molecule has 178 valence electrons. The van der Waals surface area contributed by atoms with Crippen LogP contribution < -0.4 is 4.74 Å². The van der Waals surface area contributed by atoms with Gasteiger partial charge in [0.2, 0.25) is 15.9 Å². The Hall–Kier alpha value is -2.09. The smallest absolute Gasteiger partial charge is 0.246 e. The van der Waals surface area contributed by atoms with Crippen molar-refractivity contribution >= 4 is 27.5 Å². The predicted octanol–water partition coefficient (Wildman–Crippen LogP) is 4.23. The highest BCUT2D eigenvalue weighted by atomic mass is 35.5. The van der Waals surface area contributed by atoms with Crippen LogP contribution in [0.25, 0.3) is 0 Å². The van der Waals surface area contributed by atoms with Gasteiger partial charge in [-0.25, -0.2) is 8.42 Å². The summed E-state index contributed by atoms with van der Waals surface area (Å²) >= 11 is 6.04. The summed E-state index contributed by atoms with van der Waals surface area (Å²) in [7, 11) is -2.30. The van der Waals surface area contributed by atoms with Crippen molar-refractivity contribution in [2.45, 2.75) is 37.0 Å². The summed E-state index contributed by atoms with van der Waals surface area (Å²) in [6.07, 6.45) is 4.16. The van der Waals surface area contributed by atoms with E-state index in [9.17, 15) is 13.2 Å². The molecule has 0 saturated carbocycles. The third-order valence-corrected chi connectivity index (χ3v) is 8.99. The van der Waals surface area contributed by atoms with E-state index < -0.39 is 10.0 Å². The first-order valence-electron chi connectivity index (χ1n) is 11.5. The lowest BCUT2D eigenvalue weighted by molar-refractivity contribution is -0.138. The molecule has 2 heterocycles. The Bertz CT molecular complexity index is 1060. The topological polar surface area (TPSA) is 66.9 Å². The Balaban J connectivity index is 1.31. The minimum absolute atomic E-state index is 0.0720. The van der Waals surface area contributed by atoms with E-state index in [0.717, 1.165) is 32.4 Å². The monoisotopic (exact) mass is 490 g/mol. The van der Waals surface area contributed by atoms with Crippen LogP contribution in [0.15, 0.2) is 53.4 Å². The van der Waals surface area contributed by atoms with Crippen LogP contribution in [0.3, 0.4) is 0 Å². The Kier molecular flexibility index (Phi) is 7.62. The predicted molar refractivity (Wildman–Crippen MR) is 129 cm³/mol. The first kappa shape index (κ1) is 24.0. The van der Waals surface area contributed by atoms with Gasteiger partial charge in [-0.1, -0.05) is 41.9 Å². The maximum absolute atomic E-state index is 13.2. The van der Waals surface area contributed by atoms with Crippen LogP contribution >= 0.6 is 11.6 Å². The molecule has 4 rings (SSSR count). The molecule has 6 nitrogen and oxygen atoms in total. The van der Waals surface area contributed by atoms with Gasteiger partial charge in [-0.3, -0.25) is 4.79 Å². The summed E-state index contributed by atoms with van der Waals surface area (Å²) in [5.74, 6) is 0.931. The summed E-state index contributed by atoms with van der Waals surface area (Å²) in [6.45, 7) is 2.21. The van der Waals surface area contributed by atoms with Crippen molar-refractivity contribution in [1.29, 1.82) is 0 Å². The standard InChI is InChI=1S/C25H31ClN2O4S/c1-32-23-8-7-22(26)18-24(23)33(30,31)28-15-11-21(12-16-28)25(29)27-13-9-20(10-14-27)17-19-5-3-2-4-6-19/h2-8,18,20-21H,9-17H2,1H3. The Morgan fingerprint density at radius 1 is 1.00 bits per heavy atom. The number of hydrogen-bond acceptors (Lipinski definition) is 4. The van der Waals surface area contributed by atoms with Gasteiger partial charge >= 0.3 is 0 Å². The van der Waals surface area contributed by atoms with Crippen molar-refractivity contribution in [1.82, 2.24) is 9.21 Å². The molecule has 0 atom stereocenters. The van der Waals surface area contributed by atoms with Crippen LogP contribution in [0.5, 0.6) is 5.75 Å². The quantitative estimate of drug-likeness (QED) is 0.607. The Morgan fingerprint density at radius 3 is 2.30 bits per heavy atom. The summed E-state index contributed by atoms with van der Waals surface area (Å²) in [5, 5.41) is 0.343. The van der Waals surface area contributed by atoms with Crippen molar-refractivity contribution in [2.75, 3.05) is 33.3 Å². The number of hydrogen-bond donors (Lipinski definition) is 0. The SMILES string of the molecule is COc1ccc(Cl)cc1S(=O)(=O)N1CCC(C(=O)N2CCC(Cc3ccccc3)CC2)CC1. The van der Waals surface area contributed by atoms with Crippen molar-refractivity contribution in [3.8, 4) is 5.75 Å². The lowest BCUT2D eigenvalue weighted by Gasteiger charge is -2.37. The zero-order valence-corrected chi connectivity index (χ0v) is 20.5. The number of likely N-dealkylation sites (tertiary alicyclic amines) is 1. The van der Waals surface area contributed by atoms with Crippen molar-refractivity contribution < 1.29 is 17.9 Å². The molecule has 2 aliphatic heterocycles. The number of benzene rings is 2. The number of rotatable bonds is 6. The van der Waals surface area contributed by atoms with E-state index in [1.54, 1.807) is 12.1 Å². The number of nitrogens with zero attached hydrogens (tertiary/aromatic N) is 2. The largest absolute Gasteiger partial charge is 0.495 e. The molecule has 2 aromatic carbocycles. The van der Waals surface area contributed by atoms with Crippen LogP contribution in [0.1, 0.15) is 31.2 Å². The fraction of sp³-hybridized carbons (Fsp3) is 0.480. The van der Waals surface area contributed by atoms with Gasteiger partial charge in [-0.15, -0.1) is 0 Å². The van der Waals surface area contributed by atoms with Crippen LogP contribution in [0.4, 0.5) is 0 Å². The fourth-order valence-electron chi connectivity index (χ4n) is 4.90. The van der Waals surface area contributed by atoms with E-state index in [1.807, 2.05) is 11.0 Å². The number of carbonyl (C=O) groups is 1. The zero-order chi connectivity index (χ0) is 23.4. The van der Waals surface area contributed by atoms with Crippen molar-refractivity contribution in [2.24, 2.45) is 11.8 Å². The average molecular weight is 491 g/mol. The van der Waals surface area contributed by atoms with Crippen LogP contribution in [-0.4, -0.2) is 56.8 Å². The number of sulfonamides is 1. The molecule has 2 fully saturated rings. The number of amides is 1. The molecular weight excluding hydrogens is 460 g/mol. The highest BCUT2D eigenvalue weighted by Crippen LogP contribution is 2.32. The minimum atomic E-state index is -3.74. The molecule has 1 amide bonds. The highest BCUT2D eigenvalue weighted by molar-refractivity contribution is 7.89. The molecule has 0 aromatic heterocycles. The molecule has 0 unspecified atom stereocenters. The normalized spacial score (nSPS) is 18.9. The first-order valence-corrected chi connectivity index (χ1v) is 13.4. The molecule has 2 aliphatic rings. The number of methoxy groups -OCH3 is 1. The highest BCUT2D eigenvalue weighted by Gasteiger charge is 2.36. The Morgan fingerprint density at radius 2 is 1.67 bits per heavy atom. The van der Waals surface area contributed by atoms with Gasteiger partial charge in [0.15, 0.2) is 0 Å². The maximum Gasteiger partial charge on any atom is 0.246 e. The van der Waals surface area contributed by atoms with Gasteiger partial charge in [-0.2, -0.15) is 4.31 Å². The molecular formula is C25H31ClN2O4S. The molecule has 0 aliphatic carbocycles. The number of carbonyl (C=O) groups excluding carboxylic acids is 1. The van der Waals surface area contributed by atoms with E-state index in [1.165, 1.54) is 23.0 Å². The fourth-order valence-corrected chi connectivity index (χ4v) is 6.79. The molecule has 0 radical (unpaired) electrons. The lowest BCUT2D eigenvalue weighted by atomic mass is 9.89. The Labute approximate surface area is 201 Å². The van der Waals surface area contributed by atoms with Gasteiger partial charge < -0.3 is 9.64 Å². The third kappa shape index (κ3) is 5.53. The second-order valence-corrected chi connectivity index (χ2v) is 11.3. The number of piperidine rings is 2. The molecule has 0 spiro atoms. The third-order valence-electron chi connectivity index (χ3n) is 6.84. The molecule has 8 heteroatoms. The van der Waals surface area contributed by atoms with E-state index >= 15 is 0 Å². The van der Waals surface area contributed by atoms with E-state index in [2.05, 4.69) is 24.3 Å². The summed E-state index contributed by atoms with van der Waals surface area (Å²) < 4.78 is 33.0. The maximum atomic E-state index is 13.2. The first-order chi connectivity index (χ1) is 15.9. The zero-order valence-electron chi connectivity index (χ0n) is 19.0. The van der Waals surface area contributed by atoms with Crippen molar-refractivity contribution in [3.05, 3.63) is 59.1 Å². The van der Waals surface area contributed by atoms with Gasteiger partial charge in [0.25, 0.3) is 0 Å². The second-order valence-electron chi connectivity index (χ2n) is 8.93. The van der Waals surface area contributed by atoms with Gasteiger partial charge in [0.1, 0.15) is 10.6 Å². The summed E-state index contributed by atoms with van der Waals surface area (Å²) in [5.41, 5.74) is 1.35. The second kappa shape index (κ2) is 10.5. The van der Waals surface area contributed by atoms with Gasteiger partial charge in [-0.05, 0) is 61.8 Å². The van der Waals surface area contributed by atoms with Gasteiger partial charge in [0, 0.05) is 37.1 Å². The number of ether oxygens (including phenoxy) is 1. The molecule has 2 saturated heterocycles. The van der Waals surface area contributed by atoms with E-state index in [-0.39, 0.29) is 22.5 Å². The molecule has 0 N–H and O–H groups in total. The van der Waals surface area contributed by atoms with Crippen LogP contribution in [0.2, 0.25) is 5.02 Å². The van der Waals surface area contributed by atoms with E-state index in [4.69, 9.17) is 16.3 Å². The molecule has 33 heavy (non-hydrogen) atoms. The van der Waals surface area contributed by atoms with Crippen LogP contribution in [0, 0.1) is 11.8 Å². The van der Waals surface area contributed by atoms with Gasteiger partial charge in [0.05, 0.1) is 7.11 Å². The number of halogens is 1. The van der Waals surface area contributed by atoms with Crippen LogP contribution in [-0.2, 0) is 21.2 Å². The lowest BCUT2D eigenvalue weighted by Crippen LogP contribution is -2.46. The molecule has 0 bridgehead atoms. The summed E-state index contributed by atoms with van der Waals surface area (Å²) in [6, 6.07) is 15.1. The van der Waals surface area contributed by atoms with Crippen molar-refractivity contribution in [3.63, 3.8) is 0 Å². The minimum Gasteiger partial charge on any atom is -0.495 e. The molecule has 2 aromatic rings. The summed E-state index contributed by atoms with van der Waals surface area (Å²) in [4.78, 5) is 15.2. The van der Waals surface area contributed by atoms with E-state index in [0.29, 0.717) is 36.9 Å².